The minimum absolute atomic E-state index is 0.0468. The Morgan fingerprint density at radius 3 is 2.68 bits per heavy atom. The van der Waals surface area contributed by atoms with Crippen molar-refractivity contribution in [1.82, 2.24) is 4.90 Å². The molecule has 0 bridgehead atoms. The summed E-state index contributed by atoms with van der Waals surface area (Å²) in [5, 5.41) is 10.8. The molecule has 0 spiro atoms. The summed E-state index contributed by atoms with van der Waals surface area (Å²) in [6.45, 7) is 0.489. The molecule has 2 aromatic carbocycles. The fourth-order valence-electron chi connectivity index (χ4n) is 2.00. The zero-order chi connectivity index (χ0) is 13.7. The standard InChI is InChI=1S/C16H16N2O/c1-18(10-4-9-17)16(19)12-13-7-8-14-5-2-3-6-15(14)11-13/h2-3,5-8,11H,4,10,12H2,1H3. The summed E-state index contributed by atoms with van der Waals surface area (Å²) in [5.41, 5.74) is 1.01. The van der Waals surface area contributed by atoms with E-state index in [2.05, 4.69) is 6.07 Å². The topological polar surface area (TPSA) is 44.1 Å². The number of rotatable bonds is 4. The van der Waals surface area contributed by atoms with Crippen molar-refractivity contribution in [3.05, 3.63) is 48.0 Å². The van der Waals surface area contributed by atoms with Crippen molar-refractivity contribution >= 4 is 16.7 Å². The Kier molecular flexibility index (Phi) is 4.15. The summed E-state index contributed by atoms with van der Waals surface area (Å²) in [6.07, 6.45) is 0.757. The van der Waals surface area contributed by atoms with Gasteiger partial charge in [0.1, 0.15) is 0 Å². The first-order chi connectivity index (χ1) is 9.20. The lowest BCUT2D eigenvalue weighted by atomic mass is 10.0. The van der Waals surface area contributed by atoms with E-state index in [0.717, 1.165) is 10.9 Å². The van der Waals surface area contributed by atoms with Gasteiger partial charge in [-0.05, 0) is 16.3 Å². The molecule has 3 nitrogen and oxygen atoms in total. The van der Waals surface area contributed by atoms with Crippen molar-refractivity contribution < 1.29 is 4.79 Å². The third-order valence-corrected chi connectivity index (χ3v) is 3.15. The number of benzene rings is 2. The number of hydrogen-bond donors (Lipinski definition) is 0. The van der Waals surface area contributed by atoms with E-state index in [1.807, 2.05) is 42.5 Å². The highest BCUT2D eigenvalue weighted by Crippen LogP contribution is 2.16. The van der Waals surface area contributed by atoms with Gasteiger partial charge in [0.25, 0.3) is 0 Å². The van der Waals surface area contributed by atoms with E-state index in [4.69, 9.17) is 5.26 Å². The number of carbonyl (C=O) groups excluding carboxylic acids is 1. The number of hydrogen-bond acceptors (Lipinski definition) is 2. The van der Waals surface area contributed by atoms with Gasteiger partial charge in [0, 0.05) is 13.6 Å². The Balaban J connectivity index is 2.09. The van der Waals surface area contributed by atoms with Gasteiger partial charge in [0.15, 0.2) is 0 Å². The molecule has 96 valence electrons. The first kappa shape index (κ1) is 13.1. The Morgan fingerprint density at radius 2 is 1.95 bits per heavy atom. The molecule has 0 aromatic heterocycles. The number of carbonyl (C=O) groups is 1. The summed E-state index contributed by atoms with van der Waals surface area (Å²) in [6, 6.07) is 16.2. The van der Waals surface area contributed by atoms with Crippen LogP contribution in [0.25, 0.3) is 10.8 Å². The van der Waals surface area contributed by atoms with Crippen LogP contribution in [0.2, 0.25) is 0 Å². The average molecular weight is 252 g/mol. The summed E-state index contributed by atoms with van der Waals surface area (Å²) < 4.78 is 0. The van der Waals surface area contributed by atoms with E-state index < -0.39 is 0 Å². The average Bonchev–Trinajstić information content (AvgIpc) is 2.44. The van der Waals surface area contributed by atoms with Crippen molar-refractivity contribution in [3.8, 4) is 6.07 Å². The van der Waals surface area contributed by atoms with Crippen LogP contribution >= 0.6 is 0 Å². The van der Waals surface area contributed by atoms with Crippen LogP contribution in [0.5, 0.6) is 0 Å². The van der Waals surface area contributed by atoms with E-state index in [9.17, 15) is 4.79 Å². The minimum atomic E-state index is 0.0468. The predicted octanol–water partition coefficient (Wildman–Crippen LogP) is 2.75. The molecule has 19 heavy (non-hydrogen) atoms. The number of nitriles is 1. The maximum atomic E-state index is 12.0. The van der Waals surface area contributed by atoms with Crippen molar-refractivity contribution in [2.24, 2.45) is 0 Å². The smallest absolute Gasteiger partial charge is 0.226 e. The van der Waals surface area contributed by atoms with Crippen LogP contribution in [0, 0.1) is 11.3 Å². The van der Waals surface area contributed by atoms with Gasteiger partial charge in [-0.15, -0.1) is 0 Å². The highest BCUT2D eigenvalue weighted by molar-refractivity contribution is 5.85. The third-order valence-electron chi connectivity index (χ3n) is 3.15. The molecule has 2 aromatic rings. The lowest BCUT2D eigenvalue weighted by Gasteiger charge is -2.15. The van der Waals surface area contributed by atoms with Crippen molar-refractivity contribution in [1.29, 1.82) is 5.26 Å². The van der Waals surface area contributed by atoms with Crippen LogP contribution in [0.1, 0.15) is 12.0 Å². The summed E-state index contributed by atoms with van der Waals surface area (Å²) >= 11 is 0. The number of amides is 1. The monoisotopic (exact) mass is 252 g/mol. The van der Waals surface area contributed by atoms with Crippen molar-refractivity contribution in [2.75, 3.05) is 13.6 Å². The van der Waals surface area contributed by atoms with Gasteiger partial charge >= 0.3 is 0 Å². The summed E-state index contributed by atoms with van der Waals surface area (Å²) in [5.74, 6) is 0.0468. The van der Waals surface area contributed by atoms with Gasteiger partial charge in [-0.2, -0.15) is 5.26 Å². The molecule has 3 heteroatoms. The fraction of sp³-hybridized carbons (Fsp3) is 0.250. The number of likely N-dealkylation sites (N-methyl/N-ethyl adjacent to an activating group) is 1. The number of nitrogens with zero attached hydrogens (tertiary/aromatic N) is 2. The summed E-state index contributed by atoms with van der Waals surface area (Å²) in [7, 11) is 1.74. The summed E-state index contributed by atoms with van der Waals surface area (Å²) in [4.78, 5) is 13.6. The first-order valence-corrected chi connectivity index (χ1v) is 6.29. The van der Waals surface area contributed by atoms with Crippen LogP contribution in [-0.4, -0.2) is 24.4 Å². The Labute approximate surface area is 113 Å². The molecular formula is C16H16N2O. The molecule has 0 N–H and O–H groups in total. The van der Waals surface area contributed by atoms with Gasteiger partial charge < -0.3 is 4.90 Å². The van der Waals surface area contributed by atoms with Gasteiger partial charge in [-0.3, -0.25) is 4.79 Å². The highest BCUT2D eigenvalue weighted by atomic mass is 16.2. The minimum Gasteiger partial charge on any atom is -0.344 e. The lowest BCUT2D eigenvalue weighted by molar-refractivity contribution is -0.129. The molecule has 1 amide bonds. The molecule has 0 fully saturated rings. The van der Waals surface area contributed by atoms with Crippen molar-refractivity contribution in [2.45, 2.75) is 12.8 Å². The lowest BCUT2D eigenvalue weighted by Crippen LogP contribution is -2.28. The normalized spacial score (nSPS) is 10.1. The van der Waals surface area contributed by atoms with Crippen molar-refractivity contribution in [3.63, 3.8) is 0 Å². The Hall–Kier alpha value is -2.34. The molecule has 0 atom stereocenters. The highest BCUT2D eigenvalue weighted by Gasteiger charge is 2.09. The van der Waals surface area contributed by atoms with Gasteiger partial charge in [-0.25, -0.2) is 0 Å². The molecule has 0 aliphatic carbocycles. The van der Waals surface area contributed by atoms with Gasteiger partial charge in [0.05, 0.1) is 18.9 Å². The van der Waals surface area contributed by atoms with E-state index in [-0.39, 0.29) is 5.91 Å². The SMILES string of the molecule is CN(CCC#N)C(=O)Cc1ccc2ccccc2c1. The quantitative estimate of drug-likeness (QED) is 0.839. The molecular weight excluding hydrogens is 236 g/mol. The van der Waals surface area contributed by atoms with Crippen LogP contribution in [-0.2, 0) is 11.2 Å². The molecule has 0 saturated carbocycles. The molecule has 0 aliphatic rings. The molecule has 0 unspecified atom stereocenters. The van der Waals surface area contributed by atoms with Gasteiger partial charge in [0.2, 0.25) is 5.91 Å². The maximum absolute atomic E-state index is 12.0. The van der Waals surface area contributed by atoms with Gasteiger partial charge in [-0.1, -0.05) is 42.5 Å². The van der Waals surface area contributed by atoms with Crippen LogP contribution in [0.3, 0.4) is 0 Å². The predicted molar refractivity (Wildman–Crippen MR) is 75.5 cm³/mol. The van der Waals surface area contributed by atoms with E-state index >= 15 is 0 Å². The number of fused-ring (bicyclic) bond motifs is 1. The van der Waals surface area contributed by atoms with E-state index in [1.54, 1.807) is 11.9 Å². The second-order valence-corrected chi connectivity index (χ2v) is 4.58. The molecule has 0 aliphatic heterocycles. The second kappa shape index (κ2) is 6.01. The van der Waals surface area contributed by atoms with Crippen LogP contribution in [0.4, 0.5) is 0 Å². The Bertz CT molecular complexity index is 628. The van der Waals surface area contributed by atoms with E-state index in [1.165, 1.54) is 5.39 Å². The zero-order valence-corrected chi connectivity index (χ0v) is 11.0. The molecule has 0 heterocycles. The van der Waals surface area contributed by atoms with Crippen LogP contribution < -0.4 is 0 Å². The largest absolute Gasteiger partial charge is 0.344 e. The zero-order valence-electron chi connectivity index (χ0n) is 11.0. The van der Waals surface area contributed by atoms with Crippen LogP contribution in [0.15, 0.2) is 42.5 Å². The molecule has 0 radical (unpaired) electrons. The fourth-order valence-corrected chi connectivity index (χ4v) is 2.00. The molecule has 0 saturated heterocycles. The maximum Gasteiger partial charge on any atom is 0.226 e. The van der Waals surface area contributed by atoms with E-state index in [0.29, 0.717) is 19.4 Å². The Morgan fingerprint density at radius 1 is 1.21 bits per heavy atom. The second-order valence-electron chi connectivity index (χ2n) is 4.58. The first-order valence-electron chi connectivity index (χ1n) is 6.29. The molecule has 2 rings (SSSR count). The third kappa shape index (κ3) is 3.32.